The first-order valence-electron chi connectivity index (χ1n) is 6.55. The molecule has 2 aliphatic rings. The summed E-state index contributed by atoms with van der Waals surface area (Å²) in [6.45, 7) is 3.30. The zero-order valence-corrected chi connectivity index (χ0v) is 12.8. The van der Waals surface area contributed by atoms with Crippen LogP contribution in [-0.4, -0.2) is 58.4 Å². The first kappa shape index (κ1) is 16.6. The van der Waals surface area contributed by atoms with Gasteiger partial charge in [-0.15, -0.1) is 24.2 Å². The van der Waals surface area contributed by atoms with Crippen LogP contribution in [0, 0.1) is 0 Å². The van der Waals surface area contributed by atoms with Gasteiger partial charge in [-0.05, 0) is 12.8 Å². The molecule has 2 saturated heterocycles. The maximum absolute atomic E-state index is 12.4. The van der Waals surface area contributed by atoms with E-state index in [1.54, 1.807) is 16.7 Å². The van der Waals surface area contributed by atoms with E-state index in [2.05, 4.69) is 0 Å². The van der Waals surface area contributed by atoms with Gasteiger partial charge in [-0.1, -0.05) is 6.92 Å². The molecule has 0 aromatic rings. The van der Waals surface area contributed by atoms with Crippen LogP contribution in [0.4, 0.5) is 0 Å². The van der Waals surface area contributed by atoms with Crippen LogP contribution in [0.1, 0.15) is 26.2 Å². The fourth-order valence-electron chi connectivity index (χ4n) is 2.43. The minimum absolute atomic E-state index is 0. The van der Waals surface area contributed by atoms with Gasteiger partial charge in [0.1, 0.15) is 6.04 Å². The molecule has 5 nitrogen and oxygen atoms in total. The van der Waals surface area contributed by atoms with Gasteiger partial charge in [0.15, 0.2) is 0 Å². The number of nitrogens with zero attached hydrogens (tertiary/aromatic N) is 2. The van der Waals surface area contributed by atoms with Crippen molar-refractivity contribution in [3.8, 4) is 0 Å². The molecule has 1 unspecified atom stereocenters. The molecule has 1 atom stereocenters. The van der Waals surface area contributed by atoms with Crippen LogP contribution >= 0.6 is 24.2 Å². The molecule has 0 spiro atoms. The van der Waals surface area contributed by atoms with Crippen molar-refractivity contribution in [2.45, 2.75) is 38.3 Å². The van der Waals surface area contributed by atoms with E-state index < -0.39 is 0 Å². The third-order valence-corrected chi connectivity index (χ3v) is 4.65. The number of halogens is 1. The molecule has 2 rings (SSSR count). The Morgan fingerprint density at radius 1 is 1.32 bits per heavy atom. The van der Waals surface area contributed by atoms with E-state index in [4.69, 9.17) is 5.73 Å². The molecular formula is C12H22ClN3O2S. The molecule has 0 saturated carbocycles. The smallest absolute Gasteiger partial charge is 0.246 e. The van der Waals surface area contributed by atoms with Gasteiger partial charge in [0.05, 0.1) is 5.88 Å². The van der Waals surface area contributed by atoms with E-state index in [9.17, 15) is 9.59 Å². The van der Waals surface area contributed by atoms with Crippen LogP contribution < -0.4 is 5.73 Å². The van der Waals surface area contributed by atoms with Gasteiger partial charge in [-0.2, -0.15) is 0 Å². The Morgan fingerprint density at radius 2 is 1.95 bits per heavy atom. The number of hydrogen-bond donors (Lipinski definition) is 1. The lowest BCUT2D eigenvalue weighted by Crippen LogP contribution is -2.52. The van der Waals surface area contributed by atoms with Gasteiger partial charge in [0.2, 0.25) is 11.8 Å². The average molecular weight is 308 g/mol. The summed E-state index contributed by atoms with van der Waals surface area (Å²) >= 11 is 1.66. The first-order chi connectivity index (χ1) is 8.63. The molecule has 0 aromatic heterocycles. The van der Waals surface area contributed by atoms with Crippen molar-refractivity contribution in [2.24, 2.45) is 5.73 Å². The predicted octanol–water partition coefficient (Wildman–Crippen LogP) is 0.669. The lowest BCUT2D eigenvalue weighted by Gasteiger charge is -2.34. The summed E-state index contributed by atoms with van der Waals surface area (Å²) in [6, 6.07) is -0.0304. The molecule has 2 aliphatic heterocycles. The Bertz CT molecular complexity index is 335. The van der Waals surface area contributed by atoms with Crippen molar-refractivity contribution in [1.82, 2.24) is 9.80 Å². The SMILES string of the molecule is CCC(=O)N1CSCC1C(=O)N1CCC(N)CC1.Cl. The number of carbonyl (C=O) groups excluding carboxylic acids is 2. The number of rotatable bonds is 2. The predicted molar refractivity (Wildman–Crippen MR) is 79.3 cm³/mol. The summed E-state index contributed by atoms with van der Waals surface area (Å²) < 4.78 is 0. The van der Waals surface area contributed by atoms with Crippen LogP contribution in [0.15, 0.2) is 0 Å². The molecule has 2 fully saturated rings. The summed E-state index contributed by atoms with van der Waals surface area (Å²) in [5, 5.41) is 0. The summed E-state index contributed by atoms with van der Waals surface area (Å²) in [5.41, 5.74) is 5.84. The Hall–Kier alpha value is -0.460. The van der Waals surface area contributed by atoms with Crippen LogP contribution in [-0.2, 0) is 9.59 Å². The monoisotopic (exact) mass is 307 g/mol. The van der Waals surface area contributed by atoms with Crippen molar-refractivity contribution < 1.29 is 9.59 Å². The number of carbonyl (C=O) groups is 2. The number of amides is 2. The Kier molecular flexibility index (Phi) is 6.42. The fourth-order valence-corrected chi connectivity index (χ4v) is 3.60. The molecular weight excluding hydrogens is 286 g/mol. The van der Waals surface area contributed by atoms with E-state index >= 15 is 0 Å². The number of thioether (sulfide) groups is 1. The van der Waals surface area contributed by atoms with Crippen molar-refractivity contribution in [1.29, 1.82) is 0 Å². The molecule has 19 heavy (non-hydrogen) atoms. The molecule has 7 heteroatoms. The van der Waals surface area contributed by atoms with Gasteiger partial charge in [0, 0.05) is 31.3 Å². The highest BCUT2D eigenvalue weighted by Crippen LogP contribution is 2.24. The van der Waals surface area contributed by atoms with E-state index in [0.29, 0.717) is 12.3 Å². The number of likely N-dealkylation sites (tertiary alicyclic amines) is 1. The summed E-state index contributed by atoms with van der Waals surface area (Å²) in [5.74, 6) is 1.56. The van der Waals surface area contributed by atoms with Crippen LogP contribution in [0.2, 0.25) is 0 Å². The lowest BCUT2D eigenvalue weighted by molar-refractivity contribution is -0.143. The summed E-state index contributed by atoms with van der Waals surface area (Å²) in [6.07, 6.45) is 2.20. The highest BCUT2D eigenvalue weighted by atomic mass is 35.5. The Labute approximate surface area is 124 Å². The summed E-state index contributed by atoms with van der Waals surface area (Å²) in [4.78, 5) is 27.8. The van der Waals surface area contributed by atoms with Crippen LogP contribution in [0.25, 0.3) is 0 Å². The normalized spacial score (nSPS) is 24.2. The zero-order chi connectivity index (χ0) is 13.1. The second kappa shape index (κ2) is 7.36. The van der Waals surface area contributed by atoms with Crippen molar-refractivity contribution >= 4 is 36.0 Å². The van der Waals surface area contributed by atoms with E-state index in [1.165, 1.54) is 0 Å². The molecule has 2 amide bonds. The number of piperidine rings is 1. The van der Waals surface area contributed by atoms with Gasteiger partial charge in [-0.3, -0.25) is 9.59 Å². The largest absolute Gasteiger partial charge is 0.341 e. The standard InChI is InChI=1S/C12H21N3O2S.ClH/c1-2-11(16)15-8-18-7-10(15)12(17)14-5-3-9(13)4-6-14;/h9-10H,2-8,13H2,1H3;1H. The van der Waals surface area contributed by atoms with E-state index in [0.717, 1.165) is 31.7 Å². The van der Waals surface area contributed by atoms with E-state index in [1.807, 2.05) is 11.8 Å². The maximum atomic E-state index is 12.4. The molecule has 0 radical (unpaired) electrons. The van der Waals surface area contributed by atoms with Crippen molar-refractivity contribution in [3.05, 3.63) is 0 Å². The van der Waals surface area contributed by atoms with Gasteiger partial charge in [-0.25, -0.2) is 0 Å². The van der Waals surface area contributed by atoms with Crippen LogP contribution in [0.3, 0.4) is 0 Å². The van der Waals surface area contributed by atoms with Crippen molar-refractivity contribution in [3.63, 3.8) is 0 Å². The topological polar surface area (TPSA) is 66.6 Å². The molecule has 110 valence electrons. The highest BCUT2D eigenvalue weighted by molar-refractivity contribution is 7.99. The second-order valence-electron chi connectivity index (χ2n) is 4.90. The molecule has 2 heterocycles. The third-order valence-electron chi connectivity index (χ3n) is 3.64. The average Bonchev–Trinajstić information content (AvgIpc) is 2.87. The maximum Gasteiger partial charge on any atom is 0.246 e. The number of hydrogen-bond acceptors (Lipinski definition) is 4. The third kappa shape index (κ3) is 3.77. The Morgan fingerprint density at radius 3 is 2.53 bits per heavy atom. The quantitative estimate of drug-likeness (QED) is 0.814. The van der Waals surface area contributed by atoms with Gasteiger partial charge < -0.3 is 15.5 Å². The Balaban J connectivity index is 0.00000180. The summed E-state index contributed by atoms with van der Waals surface area (Å²) in [7, 11) is 0. The fraction of sp³-hybridized carbons (Fsp3) is 0.833. The molecule has 2 N–H and O–H groups in total. The zero-order valence-electron chi connectivity index (χ0n) is 11.2. The number of nitrogens with two attached hydrogens (primary N) is 1. The van der Waals surface area contributed by atoms with Crippen molar-refractivity contribution in [2.75, 3.05) is 24.7 Å². The minimum atomic E-state index is -0.253. The van der Waals surface area contributed by atoms with Gasteiger partial charge in [0.25, 0.3) is 0 Å². The highest BCUT2D eigenvalue weighted by Gasteiger charge is 2.37. The molecule has 0 aromatic carbocycles. The first-order valence-corrected chi connectivity index (χ1v) is 7.70. The lowest BCUT2D eigenvalue weighted by atomic mass is 10.1. The van der Waals surface area contributed by atoms with E-state index in [-0.39, 0.29) is 36.3 Å². The van der Waals surface area contributed by atoms with Crippen LogP contribution in [0.5, 0.6) is 0 Å². The molecule has 0 aliphatic carbocycles. The molecule has 0 bridgehead atoms. The second-order valence-corrected chi connectivity index (χ2v) is 5.90. The van der Waals surface area contributed by atoms with Gasteiger partial charge >= 0.3 is 0 Å². The minimum Gasteiger partial charge on any atom is -0.341 e.